The Morgan fingerprint density at radius 3 is 2.52 bits per heavy atom. The van der Waals surface area contributed by atoms with E-state index in [-0.39, 0.29) is 5.56 Å². The molecule has 3 aromatic rings. The Hall–Kier alpha value is -2.57. The highest BCUT2D eigenvalue weighted by molar-refractivity contribution is 6.30. The number of rotatable bonds is 3. The molecule has 0 spiro atoms. The van der Waals surface area contributed by atoms with Gasteiger partial charge in [-0.25, -0.2) is 13.8 Å². The Morgan fingerprint density at radius 1 is 1.11 bits per heavy atom. The standard InChI is InChI=1S/C20H16ClF2N3O/c21-14-3-1-13(2-4-14)19-24-18-11-26(6-5-17(18)20(27)25-19)10-12-7-15(22)9-16(23)8-12/h1-4,7-9H,5-6,10-11H2,(H,24,25,27). The van der Waals surface area contributed by atoms with Crippen LogP contribution >= 0.6 is 11.6 Å². The Bertz CT molecular complexity index is 1030. The molecule has 4 nitrogen and oxygen atoms in total. The maximum atomic E-state index is 13.4. The number of aromatic amines is 1. The minimum atomic E-state index is -0.595. The van der Waals surface area contributed by atoms with E-state index in [1.165, 1.54) is 12.1 Å². The number of fused-ring (bicyclic) bond motifs is 1. The van der Waals surface area contributed by atoms with Crippen LogP contribution in [-0.2, 0) is 19.5 Å². The summed E-state index contributed by atoms with van der Waals surface area (Å²) < 4.78 is 26.8. The van der Waals surface area contributed by atoms with E-state index in [2.05, 4.69) is 9.97 Å². The van der Waals surface area contributed by atoms with Gasteiger partial charge in [-0.2, -0.15) is 0 Å². The monoisotopic (exact) mass is 387 g/mol. The Morgan fingerprint density at radius 2 is 1.81 bits per heavy atom. The van der Waals surface area contributed by atoms with Gasteiger partial charge in [-0.15, -0.1) is 0 Å². The van der Waals surface area contributed by atoms with Gasteiger partial charge in [0.1, 0.15) is 17.5 Å². The van der Waals surface area contributed by atoms with Crippen LogP contribution in [0.3, 0.4) is 0 Å². The summed E-state index contributed by atoms with van der Waals surface area (Å²) in [5.74, 6) is -0.710. The molecule has 0 aliphatic carbocycles. The lowest BCUT2D eigenvalue weighted by Crippen LogP contribution is -2.35. The van der Waals surface area contributed by atoms with Gasteiger partial charge in [-0.3, -0.25) is 9.69 Å². The molecule has 4 rings (SSSR count). The number of hydrogen-bond acceptors (Lipinski definition) is 3. The average Bonchev–Trinajstić information content (AvgIpc) is 2.61. The smallest absolute Gasteiger partial charge is 0.254 e. The Kier molecular flexibility index (Phi) is 4.76. The third kappa shape index (κ3) is 3.91. The highest BCUT2D eigenvalue weighted by Crippen LogP contribution is 2.22. The summed E-state index contributed by atoms with van der Waals surface area (Å²) in [5, 5.41) is 0.604. The zero-order valence-corrected chi connectivity index (χ0v) is 15.1. The lowest BCUT2D eigenvalue weighted by Gasteiger charge is -2.27. The van der Waals surface area contributed by atoms with Crippen molar-refractivity contribution in [1.29, 1.82) is 0 Å². The molecule has 1 aliphatic rings. The summed E-state index contributed by atoms with van der Waals surface area (Å²) in [5.41, 5.74) is 2.52. The third-order valence-corrected chi connectivity index (χ3v) is 4.85. The molecular formula is C20H16ClF2N3O. The van der Waals surface area contributed by atoms with Gasteiger partial charge in [0, 0.05) is 41.9 Å². The molecule has 7 heteroatoms. The van der Waals surface area contributed by atoms with Gasteiger partial charge < -0.3 is 4.98 Å². The SMILES string of the molecule is O=c1[nH]c(-c2ccc(Cl)cc2)nc2c1CCN(Cc1cc(F)cc(F)c1)C2. The van der Waals surface area contributed by atoms with Crippen molar-refractivity contribution in [3.8, 4) is 11.4 Å². The van der Waals surface area contributed by atoms with Gasteiger partial charge in [0.15, 0.2) is 0 Å². The highest BCUT2D eigenvalue weighted by atomic mass is 35.5. The van der Waals surface area contributed by atoms with Crippen molar-refractivity contribution in [1.82, 2.24) is 14.9 Å². The molecule has 2 aromatic carbocycles. The normalized spacial score (nSPS) is 14.2. The summed E-state index contributed by atoms with van der Waals surface area (Å²) in [4.78, 5) is 21.9. The summed E-state index contributed by atoms with van der Waals surface area (Å²) in [6, 6.07) is 10.6. The Balaban J connectivity index is 1.61. The highest BCUT2D eigenvalue weighted by Gasteiger charge is 2.21. The number of benzene rings is 2. The molecule has 1 N–H and O–H groups in total. The molecule has 0 unspecified atom stereocenters. The van der Waals surface area contributed by atoms with Crippen molar-refractivity contribution in [2.45, 2.75) is 19.5 Å². The number of aromatic nitrogens is 2. The lowest BCUT2D eigenvalue weighted by atomic mass is 10.0. The minimum absolute atomic E-state index is 0.151. The molecular weight excluding hydrogens is 372 g/mol. The second-order valence-corrected chi connectivity index (χ2v) is 7.02. The van der Waals surface area contributed by atoms with Crippen LogP contribution in [0.1, 0.15) is 16.8 Å². The quantitative estimate of drug-likeness (QED) is 0.741. The zero-order chi connectivity index (χ0) is 19.0. The van der Waals surface area contributed by atoms with Crippen molar-refractivity contribution in [3.63, 3.8) is 0 Å². The average molecular weight is 388 g/mol. The van der Waals surface area contributed by atoms with Gasteiger partial charge in [0.25, 0.3) is 5.56 Å². The number of nitrogens with one attached hydrogen (secondary N) is 1. The predicted molar refractivity (Wildman–Crippen MR) is 99.5 cm³/mol. The molecule has 0 saturated heterocycles. The van der Waals surface area contributed by atoms with Crippen molar-refractivity contribution in [2.24, 2.45) is 0 Å². The summed E-state index contributed by atoms with van der Waals surface area (Å²) in [6.45, 7) is 1.45. The summed E-state index contributed by atoms with van der Waals surface area (Å²) in [7, 11) is 0. The lowest BCUT2D eigenvalue weighted by molar-refractivity contribution is 0.240. The second kappa shape index (κ2) is 7.21. The molecule has 0 saturated carbocycles. The second-order valence-electron chi connectivity index (χ2n) is 6.59. The van der Waals surface area contributed by atoms with Crippen LogP contribution in [0, 0.1) is 11.6 Å². The molecule has 0 bridgehead atoms. The zero-order valence-electron chi connectivity index (χ0n) is 14.3. The third-order valence-electron chi connectivity index (χ3n) is 4.60. The minimum Gasteiger partial charge on any atom is -0.306 e. The molecule has 1 aromatic heterocycles. The van der Waals surface area contributed by atoms with E-state index >= 15 is 0 Å². The van der Waals surface area contributed by atoms with Crippen LogP contribution in [0.15, 0.2) is 47.3 Å². The molecule has 0 atom stereocenters. The van der Waals surface area contributed by atoms with Crippen LogP contribution in [0.2, 0.25) is 5.02 Å². The molecule has 0 amide bonds. The molecule has 0 radical (unpaired) electrons. The van der Waals surface area contributed by atoms with E-state index in [0.29, 0.717) is 53.7 Å². The van der Waals surface area contributed by atoms with Crippen molar-refractivity contribution in [3.05, 3.63) is 86.3 Å². The van der Waals surface area contributed by atoms with E-state index in [0.717, 1.165) is 11.6 Å². The van der Waals surface area contributed by atoms with Crippen LogP contribution in [0.5, 0.6) is 0 Å². The summed E-state index contributed by atoms with van der Waals surface area (Å²) in [6.07, 6.45) is 0.538. The maximum absolute atomic E-state index is 13.4. The first-order valence-electron chi connectivity index (χ1n) is 8.53. The molecule has 2 heterocycles. The maximum Gasteiger partial charge on any atom is 0.254 e. The largest absolute Gasteiger partial charge is 0.306 e. The first kappa shape index (κ1) is 17.8. The van der Waals surface area contributed by atoms with Crippen LogP contribution in [0.25, 0.3) is 11.4 Å². The van der Waals surface area contributed by atoms with Crippen molar-refractivity contribution in [2.75, 3.05) is 6.54 Å². The van der Waals surface area contributed by atoms with Crippen molar-refractivity contribution >= 4 is 11.6 Å². The number of hydrogen-bond donors (Lipinski definition) is 1. The first-order valence-corrected chi connectivity index (χ1v) is 8.91. The predicted octanol–water partition coefficient (Wildman–Crippen LogP) is 3.93. The van der Waals surface area contributed by atoms with Gasteiger partial charge in [0.2, 0.25) is 0 Å². The molecule has 1 aliphatic heterocycles. The van der Waals surface area contributed by atoms with E-state index in [4.69, 9.17) is 11.6 Å². The van der Waals surface area contributed by atoms with E-state index in [1.807, 2.05) is 4.90 Å². The number of nitrogens with zero attached hydrogens (tertiary/aromatic N) is 2. The van der Waals surface area contributed by atoms with E-state index < -0.39 is 11.6 Å². The molecule has 138 valence electrons. The van der Waals surface area contributed by atoms with Gasteiger partial charge in [0.05, 0.1) is 5.69 Å². The van der Waals surface area contributed by atoms with Gasteiger partial charge in [-0.05, 0) is 48.4 Å². The number of H-pyrrole nitrogens is 1. The fraction of sp³-hybridized carbons (Fsp3) is 0.200. The Labute approximate surface area is 159 Å². The van der Waals surface area contributed by atoms with E-state index in [1.54, 1.807) is 24.3 Å². The number of halogens is 3. The fourth-order valence-electron chi connectivity index (χ4n) is 3.33. The van der Waals surface area contributed by atoms with Crippen LogP contribution < -0.4 is 5.56 Å². The van der Waals surface area contributed by atoms with Crippen molar-refractivity contribution < 1.29 is 8.78 Å². The topological polar surface area (TPSA) is 49.0 Å². The summed E-state index contributed by atoms with van der Waals surface area (Å²) >= 11 is 5.91. The first-order chi connectivity index (χ1) is 13.0. The molecule has 27 heavy (non-hydrogen) atoms. The molecule has 0 fully saturated rings. The van der Waals surface area contributed by atoms with Crippen LogP contribution in [-0.4, -0.2) is 21.4 Å². The van der Waals surface area contributed by atoms with Gasteiger partial charge >= 0.3 is 0 Å². The van der Waals surface area contributed by atoms with E-state index in [9.17, 15) is 13.6 Å². The fourth-order valence-corrected chi connectivity index (χ4v) is 3.46. The van der Waals surface area contributed by atoms with Crippen LogP contribution in [0.4, 0.5) is 8.78 Å². The van der Waals surface area contributed by atoms with Gasteiger partial charge in [-0.1, -0.05) is 11.6 Å².